The molecule has 8 bridgehead atoms. The van der Waals surface area contributed by atoms with Crippen LogP contribution in [0.15, 0.2) is 0 Å². The fourth-order valence-corrected chi connectivity index (χ4v) is 18.0. The summed E-state index contributed by atoms with van der Waals surface area (Å²) >= 11 is 0. The van der Waals surface area contributed by atoms with Gasteiger partial charge in [0.2, 0.25) is 0 Å². The van der Waals surface area contributed by atoms with Crippen molar-refractivity contribution in [2.24, 2.45) is 0 Å². The number of unbranched alkanes of at least 4 members (excludes halogenated alkanes) is 4. The first-order valence-electron chi connectivity index (χ1n) is 43.3. The molecule has 113 heavy (non-hydrogen) atoms. The van der Waals surface area contributed by atoms with Crippen LogP contribution in [-0.2, 0) is 149 Å². The topological polar surface area (TPSA) is 385 Å². The van der Waals surface area contributed by atoms with Crippen molar-refractivity contribution in [3.63, 3.8) is 0 Å². The maximum atomic E-state index is 13.6. The van der Waals surface area contributed by atoms with Crippen LogP contribution < -0.4 is 0 Å². The highest BCUT2D eigenvalue weighted by molar-refractivity contribution is 7.87. The molecule has 3 N–H and O–H groups in total. The van der Waals surface area contributed by atoms with Crippen molar-refractivity contribution in [2.75, 3.05) is 0 Å². The summed E-state index contributed by atoms with van der Waals surface area (Å²) in [7, 11) is -14.6. The Morgan fingerprint density at radius 2 is 0.664 bits per heavy atom. The van der Waals surface area contributed by atoms with Crippen molar-refractivity contribution >= 4 is 30.4 Å². The van der Waals surface area contributed by atoms with Crippen molar-refractivity contribution < 1.29 is 157 Å². The lowest BCUT2D eigenvalue weighted by Crippen LogP contribution is -2.41. The summed E-state index contributed by atoms with van der Waals surface area (Å²) in [5.74, 6) is 0. The molecule has 19 unspecified atom stereocenters. The molecular weight excluding hydrogens is 1550 g/mol. The molecule has 5 aliphatic rings. The number of rotatable bonds is 20. The molecule has 0 amide bonds. The van der Waals surface area contributed by atoms with Crippen molar-refractivity contribution in [2.45, 2.75) is 490 Å². The summed E-state index contributed by atoms with van der Waals surface area (Å²) < 4.78 is 111. The molecular formula is C77H146O33S3. The second-order valence-corrected chi connectivity index (χ2v) is 36.8. The van der Waals surface area contributed by atoms with Gasteiger partial charge in [0.1, 0.15) is 34.9 Å². The molecule has 33 nitrogen and oxygen atoms in total. The van der Waals surface area contributed by atoms with Crippen LogP contribution >= 0.6 is 0 Å². The zero-order valence-corrected chi connectivity index (χ0v) is 71.6. The average molecular weight is 1700 g/mol. The van der Waals surface area contributed by atoms with Crippen LogP contribution in [0.4, 0.5) is 0 Å². The Kier molecular flexibility index (Phi) is 55.3. The zero-order chi connectivity index (χ0) is 81.8. The Morgan fingerprint density at radius 1 is 0.274 bits per heavy atom. The largest absolute Gasteiger partial charge is 0.285 e. The molecule has 0 saturated carbocycles. The fraction of sp³-hybridized carbons (Fsp3) is 1.00. The van der Waals surface area contributed by atoms with E-state index in [2.05, 4.69) is 13.8 Å². The maximum absolute atomic E-state index is 13.6. The van der Waals surface area contributed by atoms with Gasteiger partial charge in [-0.2, -0.15) is 35.0 Å². The number of fused-ring (bicyclic) bond motifs is 18. The van der Waals surface area contributed by atoms with Gasteiger partial charge in [0.05, 0.1) is 78.5 Å². The minimum atomic E-state index is -5.12. The van der Waals surface area contributed by atoms with Crippen LogP contribution in [0.25, 0.3) is 0 Å². The van der Waals surface area contributed by atoms with E-state index in [0.29, 0.717) is 122 Å². The third-order valence-corrected chi connectivity index (χ3v) is 26.2. The summed E-state index contributed by atoms with van der Waals surface area (Å²) in [6.45, 7) is 15.4. The summed E-state index contributed by atoms with van der Waals surface area (Å²) in [4.78, 5) is 96.2. The van der Waals surface area contributed by atoms with Crippen molar-refractivity contribution in [3.8, 4) is 0 Å². The van der Waals surface area contributed by atoms with Gasteiger partial charge >= 0.3 is 0 Å². The summed E-state index contributed by atoms with van der Waals surface area (Å²) in [5, 5.41) is 40.4. The van der Waals surface area contributed by atoms with Gasteiger partial charge in [0.15, 0.2) is 0 Å². The maximum Gasteiger partial charge on any atom is 0.270 e. The lowest BCUT2D eigenvalue weighted by atomic mass is 9.99. The fourth-order valence-electron chi connectivity index (χ4n) is 15.0. The van der Waals surface area contributed by atoms with Crippen LogP contribution in [0.5, 0.6) is 0 Å². The van der Waals surface area contributed by atoms with Gasteiger partial charge < -0.3 is 0 Å². The third-order valence-electron chi connectivity index (χ3n) is 22.3. The summed E-state index contributed by atoms with van der Waals surface area (Å²) in [6, 6.07) is 0. The molecule has 19 atom stereocenters. The van der Waals surface area contributed by atoms with Crippen molar-refractivity contribution in [1.29, 1.82) is 0 Å². The SMILES string of the molecule is CCCCCCC1CCCC2CCCCCCCC(C)OOOC(C)CCC3CCCCC(CCCC(CCC(CCC)OOOC(CC)CCCCC4CCCC5CCC(OOO3)C(CC)OOOC(CC)CCC(S(=O)(=O)O)C(CCC(S(=O)(=O)O)C(CCCCC(CCC)S(=O)(=O)O)OOO4)OOO5)OOO1)OOO2. The Labute approximate surface area is 674 Å². The molecule has 670 valence electrons. The Hall–Kier alpha value is -1.23. The van der Waals surface area contributed by atoms with Crippen LogP contribution in [0, 0.1) is 0 Å². The second kappa shape index (κ2) is 61.1. The Bertz CT molecular complexity index is 2660. The molecule has 0 spiro atoms. The van der Waals surface area contributed by atoms with E-state index in [-0.39, 0.29) is 120 Å². The smallest absolute Gasteiger partial charge is 0.270 e. The van der Waals surface area contributed by atoms with Crippen LogP contribution in [0.3, 0.4) is 0 Å². The van der Waals surface area contributed by atoms with E-state index in [0.717, 1.165) is 103 Å². The number of hydrogen-bond acceptors (Lipinski definition) is 30. The molecule has 5 heterocycles. The van der Waals surface area contributed by atoms with Gasteiger partial charge in [-0.3, -0.25) is 13.7 Å². The number of hydrogen-bond donors (Lipinski definition) is 3. The molecule has 0 aromatic carbocycles. The van der Waals surface area contributed by atoms with Gasteiger partial charge in [0, 0.05) is 0 Å². The molecule has 5 rings (SSSR count). The molecule has 5 saturated heterocycles. The zero-order valence-electron chi connectivity index (χ0n) is 69.1. The summed E-state index contributed by atoms with van der Waals surface area (Å²) in [6.07, 6.45) is 14.7. The van der Waals surface area contributed by atoms with E-state index in [1.54, 1.807) is 13.8 Å². The van der Waals surface area contributed by atoms with E-state index in [1.807, 2.05) is 27.7 Å². The standard InChI is InChI=1S/C77H146O33S3/c1-9-15-16-21-36-64-41-29-42-65-37-22-19-17-18-20-34-59(7)87-103-88-60(8)49-50-68-40-26-25-39-66(94-105-92-65)43-30-45-69(96-106-93-64)52-51-63(32-10-2)91-104-89-61(12-4)35-23-24-38-67-44-31-46-70-53-55-73(100-108-97-68)72(14-6)99-107-90-62(13-5)54-57-76(112(81,82)83)75(102-110-98-70)56-58-77(113(84,85)86)74(101-109-95-67)48-28-27-47-71(33-11-3)111(78,79)80/h59-77H,9-58H2,1-8H3,(H,78,79,80)(H,81,82,83)(H,84,85,86). The third kappa shape index (κ3) is 46.0. The highest BCUT2D eigenvalue weighted by Gasteiger charge is 2.41. The van der Waals surface area contributed by atoms with E-state index < -0.39 is 120 Å². The Balaban J connectivity index is 1.53. The first-order chi connectivity index (χ1) is 54.5. The van der Waals surface area contributed by atoms with Crippen LogP contribution in [-0.4, -0.2) is 152 Å². The van der Waals surface area contributed by atoms with Crippen LogP contribution in [0.1, 0.15) is 376 Å². The predicted octanol–water partition coefficient (Wildman–Crippen LogP) is 18.4. The van der Waals surface area contributed by atoms with E-state index in [1.165, 1.54) is 0 Å². The van der Waals surface area contributed by atoms with E-state index in [9.17, 15) is 38.9 Å². The lowest BCUT2D eigenvalue weighted by molar-refractivity contribution is -0.575. The quantitative estimate of drug-likeness (QED) is 0.0579. The van der Waals surface area contributed by atoms with Crippen LogP contribution in [0.2, 0.25) is 0 Å². The Morgan fingerprint density at radius 3 is 1.22 bits per heavy atom. The van der Waals surface area contributed by atoms with Gasteiger partial charge in [-0.15, -0.1) is 0 Å². The lowest BCUT2D eigenvalue weighted by Gasteiger charge is -2.30. The summed E-state index contributed by atoms with van der Waals surface area (Å²) in [5.41, 5.74) is 0. The predicted molar refractivity (Wildman–Crippen MR) is 409 cm³/mol. The van der Waals surface area contributed by atoms with Crippen molar-refractivity contribution in [3.05, 3.63) is 0 Å². The molecule has 0 aliphatic carbocycles. The molecule has 0 aromatic heterocycles. The molecule has 36 heteroatoms. The van der Waals surface area contributed by atoms with Gasteiger partial charge in [-0.05, 0) is 226 Å². The van der Waals surface area contributed by atoms with Gasteiger partial charge in [-0.25, -0.2) is 68.4 Å². The van der Waals surface area contributed by atoms with Gasteiger partial charge in [-0.1, -0.05) is 191 Å². The van der Waals surface area contributed by atoms with Gasteiger partial charge in [0.25, 0.3) is 30.4 Å². The second-order valence-electron chi connectivity index (χ2n) is 31.9. The molecule has 0 radical (unpaired) electrons. The highest BCUT2D eigenvalue weighted by Crippen LogP contribution is 2.33. The first kappa shape index (κ1) is 102. The van der Waals surface area contributed by atoms with E-state index >= 15 is 0 Å². The minimum absolute atomic E-state index is 0.0232. The normalized spacial score (nSPS) is 33.4. The van der Waals surface area contributed by atoms with Crippen molar-refractivity contribution in [1.82, 2.24) is 0 Å². The average Bonchev–Trinajstić information content (AvgIpc) is 0.828. The molecule has 0 aromatic rings. The first-order valence-corrected chi connectivity index (χ1v) is 47.8. The molecule has 5 fully saturated rings. The minimum Gasteiger partial charge on any atom is -0.285 e. The highest BCUT2D eigenvalue weighted by atomic mass is 32.2. The molecule has 5 aliphatic heterocycles. The monoisotopic (exact) mass is 1690 g/mol. The van der Waals surface area contributed by atoms with E-state index in [4.69, 9.17) is 119 Å².